The Labute approximate surface area is 174 Å². The van der Waals surface area contributed by atoms with Crippen LogP contribution in [0.1, 0.15) is 59.3 Å². The highest BCUT2D eigenvalue weighted by Gasteiger charge is 2.52. The number of esters is 1. The van der Waals surface area contributed by atoms with Gasteiger partial charge in [-0.2, -0.15) is 0 Å². The number of amides is 1. The van der Waals surface area contributed by atoms with E-state index in [0.717, 1.165) is 58.4 Å². The molecule has 3 aliphatic heterocycles. The first-order valence-electron chi connectivity index (χ1n) is 11.5. The topological polar surface area (TPSA) is 62.3 Å². The van der Waals surface area contributed by atoms with E-state index >= 15 is 0 Å². The van der Waals surface area contributed by atoms with E-state index in [4.69, 9.17) is 9.47 Å². The number of carbonyl (C=O) groups excluding carboxylic acids is 2. The number of hydrogen-bond acceptors (Lipinski definition) is 6. The maximum atomic E-state index is 12.3. The molecule has 4 aliphatic rings. The Morgan fingerprint density at radius 2 is 1.93 bits per heavy atom. The molecule has 1 saturated carbocycles. The van der Waals surface area contributed by atoms with Gasteiger partial charge < -0.3 is 19.3 Å². The van der Waals surface area contributed by atoms with E-state index in [1.165, 1.54) is 12.8 Å². The molecule has 164 valence electrons. The Kier molecular flexibility index (Phi) is 5.81. The summed E-state index contributed by atoms with van der Waals surface area (Å²) in [4.78, 5) is 31.3. The van der Waals surface area contributed by atoms with Crippen molar-refractivity contribution in [1.82, 2.24) is 14.7 Å². The molecule has 4 rings (SSSR count). The highest BCUT2D eigenvalue weighted by molar-refractivity contribution is 5.82. The quantitative estimate of drug-likeness (QED) is 0.653. The lowest BCUT2D eigenvalue weighted by Gasteiger charge is -2.53. The summed E-state index contributed by atoms with van der Waals surface area (Å²) >= 11 is 0. The molecule has 1 atom stereocenters. The molecule has 1 spiro atoms. The minimum atomic E-state index is -0.442. The summed E-state index contributed by atoms with van der Waals surface area (Å²) in [6.07, 6.45) is 6.42. The van der Waals surface area contributed by atoms with Gasteiger partial charge in [-0.1, -0.05) is 6.92 Å². The molecule has 0 aromatic rings. The minimum Gasteiger partial charge on any atom is -0.464 e. The van der Waals surface area contributed by atoms with Crippen LogP contribution in [0.25, 0.3) is 0 Å². The van der Waals surface area contributed by atoms with Crippen molar-refractivity contribution in [1.29, 1.82) is 0 Å². The van der Waals surface area contributed by atoms with Crippen LogP contribution >= 0.6 is 0 Å². The van der Waals surface area contributed by atoms with Crippen LogP contribution in [0.2, 0.25) is 0 Å². The average molecular weight is 408 g/mol. The Morgan fingerprint density at radius 3 is 2.52 bits per heavy atom. The van der Waals surface area contributed by atoms with Gasteiger partial charge in [0, 0.05) is 31.6 Å². The summed E-state index contributed by atoms with van der Waals surface area (Å²) < 4.78 is 10.5. The van der Waals surface area contributed by atoms with Crippen molar-refractivity contribution >= 4 is 12.1 Å². The van der Waals surface area contributed by atoms with Gasteiger partial charge in [0.2, 0.25) is 0 Å². The standard InChI is InChI=1S/C22H37N3O4/c1-4-25(21(3)9-13-29-19(21)26)17-6-10-23(11-7-17)18-14-22(15-18)8-12-24(16-22)20(27)28-5-2/h17-18H,4-16H2,1-3H3. The molecule has 0 aromatic carbocycles. The summed E-state index contributed by atoms with van der Waals surface area (Å²) in [6.45, 7) is 11.9. The van der Waals surface area contributed by atoms with Gasteiger partial charge in [-0.3, -0.25) is 9.69 Å². The van der Waals surface area contributed by atoms with Crippen molar-refractivity contribution in [3.63, 3.8) is 0 Å². The Balaban J connectivity index is 1.26. The highest BCUT2D eigenvalue weighted by atomic mass is 16.6. The predicted molar refractivity (Wildman–Crippen MR) is 110 cm³/mol. The monoisotopic (exact) mass is 407 g/mol. The van der Waals surface area contributed by atoms with E-state index < -0.39 is 5.54 Å². The molecule has 3 saturated heterocycles. The zero-order chi connectivity index (χ0) is 20.6. The van der Waals surface area contributed by atoms with Crippen molar-refractivity contribution in [2.75, 3.05) is 45.9 Å². The van der Waals surface area contributed by atoms with Crippen molar-refractivity contribution < 1.29 is 19.1 Å². The SMILES string of the molecule is CCOC(=O)N1CCC2(CC(N3CCC(N(CC)C4(C)CCOC4=O)CC3)C2)C1. The molecule has 29 heavy (non-hydrogen) atoms. The van der Waals surface area contributed by atoms with Gasteiger partial charge in [-0.25, -0.2) is 4.79 Å². The molecule has 1 aliphatic carbocycles. The van der Waals surface area contributed by atoms with Crippen LogP contribution in [0.5, 0.6) is 0 Å². The second kappa shape index (κ2) is 8.06. The first kappa shape index (κ1) is 20.9. The number of ether oxygens (including phenoxy) is 2. The minimum absolute atomic E-state index is 0.0462. The van der Waals surface area contributed by atoms with Gasteiger partial charge >= 0.3 is 12.1 Å². The van der Waals surface area contributed by atoms with E-state index in [0.29, 0.717) is 30.7 Å². The Bertz CT molecular complexity index is 628. The molecular formula is C22H37N3O4. The van der Waals surface area contributed by atoms with Crippen LogP contribution < -0.4 is 0 Å². The summed E-state index contributed by atoms with van der Waals surface area (Å²) in [5, 5.41) is 0. The van der Waals surface area contributed by atoms with Crippen molar-refractivity contribution in [2.24, 2.45) is 5.41 Å². The number of likely N-dealkylation sites (N-methyl/N-ethyl adjacent to an activating group) is 1. The lowest BCUT2D eigenvalue weighted by atomic mass is 9.64. The van der Waals surface area contributed by atoms with E-state index in [1.54, 1.807) is 0 Å². The van der Waals surface area contributed by atoms with E-state index in [-0.39, 0.29) is 12.1 Å². The maximum Gasteiger partial charge on any atom is 0.409 e. The Morgan fingerprint density at radius 1 is 1.21 bits per heavy atom. The third kappa shape index (κ3) is 3.76. The van der Waals surface area contributed by atoms with Crippen molar-refractivity contribution in [3.8, 4) is 0 Å². The largest absolute Gasteiger partial charge is 0.464 e. The molecule has 4 fully saturated rings. The van der Waals surface area contributed by atoms with Gasteiger partial charge in [0.1, 0.15) is 5.54 Å². The normalized spacial score (nSPS) is 35.9. The van der Waals surface area contributed by atoms with Gasteiger partial charge in [0.05, 0.1) is 13.2 Å². The van der Waals surface area contributed by atoms with Crippen molar-refractivity contribution in [3.05, 3.63) is 0 Å². The number of nitrogens with zero attached hydrogens (tertiary/aromatic N) is 3. The lowest BCUT2D eigenvalue weighted by molar-refractivity contribution is -0.149. The molecule has 0 aromatic heterocycles. The van der Waals surface area contributed by atoms with Crippen LogP contribution in [0.15, 0.2) is 0 Å². The van der Waals surface area contributed by atoms with Gasteiger partial charge in [0.15, 0.2) is 0 Å². The van der Waals surface area contributed by atoms with Gasteiger partial charge in [-0.15, -0.1) is 0 Å². The third-order valence-electron chi connectivity index (χ3n) is 7.99. The number of carbonyl (C=O) groups is 2. The first-order chi connectivity index (χ1) is 13.9. The number of likely N-dealkylation sites (tertiary alicyclic amines) is 2. The fourth-order valence-electron chi connectivity index (χ4n) is 6.27. The van der Waals surface area contributed by atoms with E-state index in [2.05, 4.69) is 23.6 Å². The second-order valence-corrected chi connectivity index (χ2v) is 9.65. The van der Waals surface area contributed by atoms with Crippen LogP contribution in [-0.2, 0) is 14.3 Å². The lowest BCUT2D eigenvalue weighted by Crippen LogP contribution is -2.59. The molecular weight excluding hydrogens is 370 g/mol. The zero-order valence-corrected chi connectivity index (χ0v) is 18.3. The molecule has 0 bridgehead atoms. The molecule has 7 nitrogen and oxygen atoms in total. The predicted octanol–water partition coefficient (Wildman–Crippen LogP) is 2.49. The highest BCUT2D eigenvalue weighted by Crippen LogP contribution is 2.50. The number of piperidine rings is 1. The maximum absolute atomic E-state index is 12.3. The summed E-state index contributed by atoms with van der Waals surface area (Å²) in [5.74, 6) is -0.0462. The zero-order valence-electron chi connectivity index (χ0n) is 18.3. The number of cyclic esters (lactones) is 1. The number of hydrogen-bond donors (Lipinski definition) is 0. The summed E-state index contributed by atoms with van der Waals surface area (Å²) in [7, 11) is 0. The van der Waals surface area contributed by atoms with Gasteiger partial charge in [0.25, 0.3) is 0 Å². The van der Waals surface area contributed by atoms with Crippen LogP contribution in [0, 0.1) is 5.41 Å². The molecule has 7 heteroatoms. The van der Waals surface area contributed by atoms with Gasteiger partial charge in [-0.05, 0) is 71.0 Å². The van der Waals surface area contributed by atoms with Crippen molar-refractivity contribution in [2.45, 2.75) is 76.9 Å². The second-order valence-electron chi connectivity index (χ2n) is 9.65. The van der Waals surface area contributed by atoms with E-state index in [9.17, 15) is 9.59 Å². The summed E-state index contributed by atoms with van der Waals surface area (Å²) in [5.41, 5.74) is -0.118. The number of rotatable bonds is 5. The molecule has 0 N–H and O–H groups in total. The molecule has 1 amide bonds. The fraction of sp³-hybridized carbons (Fsp3) is 0.909. The third-order valence-corrected chi connectivity index (χ3v) is 7.99. The molecule has 3 heterocycles. The molecule has 1 unspecified atom stereocenters. The molecule has 0 radical (unpaired) electrons. The summed E-state index contributed by atoms with van der Waals surface area (Å²) in [6, 6.07) is 1.12. The van der Waals surface area contributed by atoms with E-state index in [1.807, 2.05) is 11.8 Å². The van der Waals surface area contributed by atoms with Crippen LogP contribution in [0.3, 0.4) is 0 Å². The van der Waals surface area contributed by atoms with Crippen LogP contribution in [-0.4, -0.2) is 90.3 Å². The first-order valence-corrected chi connectivity index (χ1v) is 11.5. The van der Waals surface area contributed by atoms with Crippen LogP contribution in [0.4, 0.5) is 4.79 Å². The smallest absolute Gasteiger partial charge is 0.409 e. The Hall–Kier alpha value is -1.34. The average Bonchev–Trinajstić information content (AvgIpc) is 3.27. The fourth-order valence-corrected chi connectivity index (χ4v) is 6.27.